The summed E-state index contributed by atoms with van der Waals surface area (Å²) in [4.78, 5) is 0. The van der Waals surface area contributed by atoms with Crippen molar-refractivity contribution in [2.24, 2.45) is 5.92 Å². The summed E-state index contributed by atoms with van der Waals surface area (Å²) in [6.07, 6.45) is 0.131. The lowest BCUT2D eigenvalue weighted by molar-refractivity contribution is 0.0988. The Morgan fingerprint density at radius 1 is 1.19 bits per heavy atom. The van der Waals surface area contributed by atoms with E-state index in [1.54, 1.807) is 0 Å². The first-order valence-electron chi connectivity index (χ1n) is 7.67. The molecule has 120 valence electrons. The van der Waals surface area contributed by atoms with Gasteiger partial charge in [0.2, 0.25) is 0 Å². The fourth-order valence-corrected chi connectivity index (χ4v) is 2.36. The van der Waals surface area contributed by atoms with Gasteiger partial charge in [0.15, 0.2) is 0 Å². The molecule has 0 aliphatic rings. The fourth-order valence-electron chi connectivity index (χ4n) is 2.36. The second-order valence-electron chi connectivity index (χ2n) is 5.96. The van der Waals surface area contributed by atoms with Gasteiger partial charge in [-0.2, -0.15) is 0 Å². The molecule has 21 heavy (non-hydrogen) atoms. The molecule has 0 amide bonds. The molecule has 0 aliphatic heterocycles. The van der Waals surface area contributed by atoms with Crippen molar-refractivity contribution in [1.29, 1.82) is 0 Å². The Hall–Kier alpha value is -1.10. The average molecular weight is 295 g/mol. The Morgan fingerprint density at radius 2 is 1.81 bits per heavy atom. The lowest BCUT2D eigenvalue weighted by atomic mass is 10.0. The molecule has 0 saturated carbocycles. The Kier molecular flexibility index (Phi) is 7.72. The van der Waals surface area contributed by atoms with E-state index in [9.17, 15) is 5.11 Å². The van der Waals surface area contributed by atoms with Crippen LogP contribution in [0.15, 0.2) is 18.2 Å². The van der Waals surface area contributed by atoms with Gasteiger partial charge in [0.25, 0.3) is 0 Å². The van der Waals surface area contributed by atoms with Crippen LogP contribution in [0.5, 0.6) is 5.75 Å². The lowest BCUT2D eigenvalue weighted by Gasteiger charge is -2.23. The van der Waals surface area contributed by atoms with Gasteiger partial charge in [-0.1, -0.05) is 32.0 Å². The Balaban J connectivity index is 2.42. The van der Waals surface area contributed by atoms with Crippen LogP contribution in [0.2, 0.25) is 0 Å². The van der Waals surface area contributed by atoms with Gasteiger partial charge in [-0.25, -0.2) is 0 Å². The predicted molar refractivity (Wildman–Crippen MR) is 85.7 cm³/mol. The van der Waals surface area contributed by atoms with Crippen molar-refractivity contribution in [1.82, 2.24) is 5.32 Å². The summed E-state index contributed by atoms with van der Waals surface area (Å²) in [5, 5.41) is 22.4. The van der Waals surface area contributed by atoms with Crippen LogP contribution < -0.4 is 10.1 Å². The summed E-state index contributed by atoms with van der Waals surface area (Å²) >= 11 is 0. The molecule has 2 unspecified atom stereocenters. The van der Waals surface area contributed by atoms with Crippen LogP contribution in [0.25, 0.3) is 0 Å². The van der Waals surface area contributed by atoms with Crippen molar-refractivity contribution >= 4 is 0 Å². The van der Waals surface area contributed by atoms with Crippen molar-refractivity contribution in [2.45, 2.75) is 46.3 Å². The minimum Gasteiger partial charge on any atom is -0.490 e. The smallest absolute Gasteiger partial charge is 0.125 e. The van der Waals surface area contributed by atoms with Gasteiger partial charge >= 0.3 is 0 Å². The summed E-state index contributed by atoms with van der Waals surface area (Å²) in [5.74, 6) is 1.27. The molecule has 0 heterocycles. The molecule has 3 N–H and O–H groups in total. The van der Waals surface area contributed by atoms with Crippen LogP contribution in [-0.2, 0) is 0 Å². The molecule has 4 nitrogen and oxygen atoms in total. The van der Waals surface area contributed by atoms with E-state index in [0.717, 1.165) is 16.9 Å². The normalized spacial score (nSPS) is 14.2. The van der Waals surface area contributed by atoms with Gasteiger partial charge in [-0.3, -0.25) is 0 Å². The fraction of sp³-hybridized carbons (Fsp3) is 0.647. The molecule has 0 saturated heterocycles. The Bertz CT molecular complexity index is 400. The second kappa shape index (κ2) is 9.03. The number of aliphatic hydroxyl groups is 2. The van der Waals surface area contributed by atoms with E-state index >= 15 is 0 Å². The number of benzene rings is 1. The van der Waals surface area contributed by atoms with E-state index in [-0.39, 0.29) is 19.3 Å². The molecule has 0 bridgehead atoms. The third kappa shape index (κ3) is 6.04. The van der Waals surface area contributed by atoms with E-state index < -0.39 is 6.10 Å². The Morgan fingerprint density at radius 3 is 2.33 bits per heavy atom. The molecule has 0 spiro atoms. The maximum absolute atomic E-state index is 10.0. The third-order valence-electron chi connectivity index (χ3n) is 3.69. The minimum atomic E-state index is -0.566. The van der Waals surface area contributed by atoms with Gasteiger partial charge in [-0.05, 0) is 37.3 Å². The largest absolute Gasteiger partial charge is 0.490 e. The van der Waals surface area contributed by atoms with Crippen LogP contribution in [0.3, 0.4) is 0 Å². The molecule has 1 aromatic carbocycles. The van der Waals surface area contributed by atoms with Gasteiger partial charge in [0.1, 0.15) is 18.5 Å². The highest BCUT2D eigenvalue weighted by molar-refractivity contribution is 5.39. The average Bonchev–Trinajstić information content (AvgIpc) is 2.42. The third-order valence-corrected chi connectivity index (χ3v) is 3.69. The van der Waals surface area contributed by atoms with E-state index in [2.05, 4.69) is 19.2 Å². The predicted octanol–water partition coefficient (Wildman–Crippen LogP) is 2.04. The van der Waals surface area contributed by atoms with Crippen LogP contribution in [0, 0.1) is 19.8 Å². The number of hydrogen-bond donors (Lipinski definition) is 3. The summed E-state index contributed by atoms with van der Waals surface area (Å²) < 4.78 is 5.74. The van der Waals surface area contributed by atoms with E-state index in [0.29, 0.717) is 18.9 Å². The highest BCUT2D eigenvalue weighted by Gasteiger charge is 2.15. The van der Waals surface area contributed by atoms with Crippen molar-refractivity contribution in [3.05, 3.63) is 29.3 Å². The standard InChI is InChI=1S/C17H29NO3/c1-12(2)16(8-9-19)18-10-15(20)11-21-17-13(3)6-5-7-14(17)4/h5-7,12,15-16,18-20H,8-11H2,1-4H3. The number of aryl methyl sites for hydroxylation is 2. The van der Waals surface area contributed by atoms with Crippen LogP contribution in [-0.4, -0.2) is 42.1 Å². The van der Waals surface area contributed by atoms with Gasteiger partial charge in [-0.15, -0.1) is 0 Å². The number of hydrogen-bond acceptors (Lipinski definition) is 4. The van der Waals surface area contributed by atoms with E-state index in [4.69, 9.17) is 9.84 Å². The number of rotatable bonds is 9. The molecule has 2 atom stereocenters. The highest BCUT2D eigenvalue weighted by Crippen LogP contribution is 2.22. The van der Waals surface area contributed by atoms with Crippen LogP contribution >= 0.6 is 0 Å². The first-order chi connectivity index (χ1) is 9.95. The molecule has 4 heteroatoms. The first-order valence-corrected chi connectivity index (χ1v) is 7.67. The van der Waals surface area contributed by atoms with Crippen molar-refractivity contribution in [3.63, 3.8) is 0 Å². The number of aliphatic hydroxyl groups excluding tert-OH is 2. The summed E-state index contributed by atoms with van der Waals surface area (Å²) in [7, 11) is 0. The topological polar surface area (TPSA) is 61.7 Å². The first kappa shape index (κ1) is 18.0. The molecule has 1 aromatic rings. The molecule has 0 fully saturated rings. The minimum absolute atomic E-state index is 0.158. The Labute approximate surface area is 128 Å². The van der Waals surface area contributed by atoms with Crippen molar-refractivity contribution in [2.75, 3.05) is 19.8 Å². The zero-order valence-electron chi connectivity index (χ0n) is 13.6. The van der Waals surface area contributed by atoms with Crippen molar-refractivity contribution in [3.8, 4) is 5.75 Å². The molecule has 0 radical (unpaired) electrons. The summed E-state index contributed by atoms with van der Waals surface area (Å²) in [5.41, 5.74) is 2.16. The summed E-state index contributed by atoms with van der Waals surface area (Å²) in [6, 6.07) is 6.22. The van der Waals surface area contributed by atoms with Gasteiger partial charge < -0.3 is 20.3 Å². The van der Waals surface area contributed by atoms with E-state index in [1.165, 1.54) is 0 Å². The SMILES string of the molecule is Cc1cccc(C)c1OCC(O)CNC(CCO)C(C)C. The maximum atomic E-state index is 10.0. The van der Waals surface area contributed by atoms with Crippen molar-refractivity contribution < 1.29 is 14.9 Å². The number of para-hydroxylation sites is 1. The molecular formula is C17H29NO3. The highest BCUT2D eigenvalue weighted by atomic mass is 16.5. The number of nitrogens with one attached hydrogen (secondary N) is 1. The van der Waals surface area contributed by atoms with Crippen LogP contribution in [0.4, 0.5) is 0 Å². The quantitative estimate of drug-likeness (QED) is 0.652. The molecule has 0 aromatic heterocycles. The maximum Gasteiger partial charge on any atom is 0.125 e. The zero-order valence-corrected chi connectivity index (χ0v) is 13.6. The lowest BCUT2D eigenvalue weighted by Crippen LogP contribution is -2.41. The monoisotopic (exact) mass is 295 g/mol. The van der Waals surface area contributed by atoms with Gasteiger partial charge in [0.05, 0.1) is 0 Å². The van der Waals surface area contributed by atoms with Crippen LogP contribution in [0.1, 0.15) is 31.4 Å². The van der Waals surface area contributed by atoms with E-state index in [1.807, 2.05) is 32.0 Å². The second-order valence-corrected chi connectivity index (χ2v) is 5.96. The zero-order chi connectivity index (χ0) is 15.8. The number of ether oxygens (including phenoxy) is 1. The van der Waals surface area contributed by atoms with Gasteiger partial charge in [0, 0.05) is 19.2 Å². The molecule has 0 aliphatic carbocycles. The summed E-state index contributed by atoms with van der Waals surface area (Å²) in [6.45, 7) is 9.10. The molecular weight excluding hydrogens is 266 g/mol. The molecule has 1 rings (SSSR count).